The van der Waals surface area contributed by atoms with Crippen molar-refractivity contribution in [3.63, 3.8) is 0 Å². The van der Waals surface area contributed by atoms with E-state index in [0.717, 1.165) is 24.9 Å². The molecule has 1 aromatic rings. The molecule has 2 unspecified atom stereocenters. The number of para-hydroxylation sites is 1. The van der Waals surface area contributed by atoms with Gasteiger partial charge in [-0.25, -0.2) is 0 Å². The van der Waals surface area contributed by atoms with Crippen LogP contribution in [0, 0.1) is 0 Å². The van der Waals surface area contributed by atoms with Crippen molar-refractivity contribution in [2.45, 2.75) is 50.9 Å². The predicted molar refractivity (Wildman–Crippen MR) is 101 cm³/mol. The van der Waals surface area contributed by atoms with Crippen LogP contribution in [0.1, 0.15) is 33.1 Å². The van der Waals surface area contributed by atoms with Crippen LogP contribution in [0.15, 0.2) is 43.0 Å². The van der Waals surface area contributed by atoms with Gasteiger partial charge in [0.25, 0.3) is 0 Å². The Bertz CT molecular complexity index is 410. The summed E-state index contributed by atoms with van der Waals surface area (Å²) >= 11 is 0. The number of nitrogens with two attached hydrogens (primary N) is 1. The van der Waals surface area contributed by atoms with Crippen LogP contribution in [0.25, 0.3) is 0 Å². The van der Waals surface area contributed by atoms with E-state index in [1.54, 1.807) is 0 Å². The Balaban J connectivity index is 0.000000509. The van der Waals surface area contributed by atoms with Gasteiger partial charge in [0.05, 0.1) is 5.73 Å². The lowest BCUT2D eigenvalue weighted by molar-refractivity contribution is 0.0772. The van der Waals surface area contributed by atoms with Crippen LogP contribution in [0.4, 0.5) is 5.69 Å². The minimum absolute atomic E-state index is 0. The molecule has 0 radical (unpaired) electrons. The first-order valence-electron chi connectivity index (χ1n) is 8.35. The molecule has 1 aliphatic rings. The Labute approximate surface area is 142 Å². The van der Waals surface area contributed by atoms with Crippen LogP contribution < -0.4 is 5.73 Å². The SMILES string of the molecule is C=CC[Si]1(OCC)CCCCC1OCC.Nc1ccccc1.O. The molecule has 0 aromatic heterocycles. The van der Waals surface area contributed by atoms with E-state index in [-0.39, 0.29) is 5.48 Å². The van der Waals surface area contributed by atoms with Gasteiger partial charge in [-0.05, 0) is 44.5 Å². The molecule has 4 N–H and O–H groups in total. The van der Waals surface area contributed by atoms with Crippen LogP contribution in [-0.4, -0.2) is 32.7 Å². The quantitative estimate of drug-likeness (QED) is 0.487. The molecule has 4 nitrogen and oxygen atoms in total. The molecule has 132 valence electrons. The largest absolute Gasteiger partial charge is 0.414 e. The highest BCUT2D eigenvalue weighted by Gasteiger charge is 2.44. The molecule has 1 fully saturated rings. The Kier molecular flexibility index (Phi) is 11.7. The van der Waals surface area contributed by atoms with Gasteiger partial charge in [-0.15, -0.1) is 6.58 Å². The van der Waals surface area contributed by atoms with Crippen molar-refractivity contribution in [2.24, 2.45) is 0 Å². The minimum Gasteiger partial charge on any atom is -0.414 e. The zero-order valence-corrected chi connectivity index (χ0v) is 15.6. The van der Waals surface area contributed by atoms with Gasteiger partial charge < -0.3 is 20.4 Å². The number of ether oxygens (including phenoxy) is 1. The molecule has 0 spiro atoms. The van der Waals surface area contributed by atoms with Gasteiger partial charge in [0.1, 0.15) is 0 Å². The summed E-state index contributed by atoms with van der Waals surface area (Å²) in [4.78, 5) is 0. The van der Waals surface area contributed by atoms with Gasteiger partial charge >= 0.3 is 0 Å². The number of anilines is 1. The van der Waals surface area contributed by atoms with E-state index < -0.39 is 8.32 Å². The maximum atomic E-state index is 6.12. The molecule has 2 atom stereocenters. The normalized spacial score (nSPS) is 23.1. The third-order valence-electron chi connectivity index (χ3n) is 3.99. The van der Waals surface area contributed by atoms with Crippen molar-refractivity contribution >= 4 is 14.0 Å². The topological polar surface area (TPSA) is 76.0 Å². The van der Waals surface area contributed by atoms with Crippen molar-refractivity contribution in [3.05, 3.63) is 43.0 Å². The zero-order chi connectivity index (χ0) is 16.3. The zero-order valence-electron chi connectivity index (χ0n) is 14.6. The van der Waals surface area contributed by atoms with Crippen LogP contribution in [-0.2, 0) is 9.16 Å². The Hall–Kier alpha value is -1.14. The summed E-state index contributed by atoms with van der Waals surface area (Å²) in [6.45, 7) is 9.68. The summed E-state index contributed by atoms with van der Waals surface area (Å²) in [5.41, 5.74) is 6.58. The smallest absolute Gasteiger partial charge is 0.224 e. The molecule has 5 heteroatoms. The van der Waals surface area contributed by atoms with Crippen molar-refractivity contribution in [1.82, 2.24) is 0 Å². The van der Waals surface area contributed by atoms with E-state index in [2.05, 4.69) is 20.4 Å². The number of nitrogen functional groups attached to an aromatic ring is 1. The number of allylic oxidation sites excluding steroid dienone is 1. The van der Waals surface area contributed by atoms with Crippen LogP contribution in [0.3, 0.4) is 0 Å². The van der Waals surface area contributed by atoms with Crippen LogP contribution in [0.2, 0.25) is 12.1 Å². The molecule has 1 saturated heterocycles. The molecule has 1 aliphatic heterocycles. The molecule has 2 rings (SSSR count). The van der Waals surface area contributed by atoms with Gasteiger partial charge in [0, 0.05) is 18.9 Å². The third-order valence-corrected chi connectivity index (χ3v) is 8.66. The molecule has 0 saturated carbocycles. The van der Waals surface area contributed by atoms with Gasteiger partial charge in [-0.1, -0.05) is 37.1 Å². The Morgan fingerprint density at radius 3 is 2.39 bits per heavy atom. The first-order valence-corrected chi connectivity index (χ1v) is 10.8. The lowest BCUT2D eigenvalue weighted by Gasteiger charge is -2.40. The molecule has 23 heavy (non-hydrogen) atoms. The van der Waals surface area contributed by atoms with Gasteiger partial charge in [0.15, 0.2) is 0 Å². The van der Waals surface area contributed by atoms with Crippen molar-refractivity contribution < 1.29 is 14.6 Å². The maximum absolute atomic E-state index is 6.12. The summed E-state index contributed by atoms with van der Waals surface area (Å²) in [5, 5.41) is 0. The molecule has 0 amide bonds. The maximum Gasteiger partial charge on any atom is 0.224 e. The van der Waals surface area contributed by atoms with E-state index in [9.17, 15) is 0 Å². The highest BCUT2D eigenvalue weighted by atomic mass is 28.4. The second-order valence-corrected chi connectivity index (χ2v) is 9.56. The number of rotatable bonds is 6. The molecule has 0 bridgehead atoms. The number of hydrogen-bond acceptors (Lipinski definition) is 3. The standard InChI is InChI=1S/C12H24O2Si.C6H7N.H2O/c1-4-10-15(14-6-3)11-8-7-9-12(15)13-5-2;7-6-4-2-1-3-5-6;/h4,12H,1,5-11H2,2-3H3;1-5H,7H2;1H2. The first kappa shape index (κ1) is 21.9. The molecule has 0 aliphatic carbocycles. The van der Waals surface area contributed by atoms with E-state index in [1.165, 1.54) is 25.3 Å². The Morgan fingerprint density at radius 1 is 1.22 bits per heavy atom. The van der Waals surface area contributed by atoms with Gasteiger partial charge in [-0.3, -0.25) is 0 Å². The summed E-state index contributed by atoms with van der Waals surface area (Å²) in [6.07, 6.45) is 5.82. The van der Waals surface area contributed by atoms with Crippen molar-refractivity contribution in [1.29, 1.82) is 0 Å². The highest BCUT2D eigenvalue weighted by Crippen LogP contribution is 2.34. The predicted octanol–water partition coefficient (Wildman–Crippen LogP) is 3.73. The van der Waals surface area contributed by atoms with E-state index >= 15 is 0 Å². The van der Waals surface area contributed by atoms with Gasteiger partial charge in [0.2, 0.25) is 8.32 Å². The van der Waals surface area contributed by atoms with Crippen LogP contribution in [0.5, 0.6) is 0 Å². The lowest BCUT2D eigenvalue weighted by Crippen LogP contribution is -2.53. The molecule has 1 aromatic carbocycles. The van der Waals surface area contributed by atoms with E-state index in [4.69, 9.17) is 14.9 Å². The second-order valence-electron chi connectivity index (χ2n) is 5.59. The Morgan fingerprint density at radius 2 is 1.91 bits per heavy atom. The number of benzene rings is 1. The summed E-state index contributed by atoms with van der Waals surface area (Å²) in [6, 6.07) is 11.8. The fourth-order valence-corrected chi connectivity index (χ4v) is 7.41. The molecular weight excluding hydrogens is 306 g/mol. The second kappa shape index (κ2) is 12.3. The van der Waals surface area contributed by atoms with E-state index in [1.807, 2.05) is 36.4 Å². The van der Waals surface area contributed by atoms with Gasteiger partial charge in [-0.2, -0.15) is 0 Å². The average molecular weight is 340 g/mol. The lowest BCUT2D eigenvalue weighted by atomic mass is 10.2. The van der Waals surface area contributed by atoms with Crippen molar-refractivity contribution in [3.8, 4) is 0 Å². The first-order chi connectivity index (χ1) is 10.7. The average Bonchev–Trinajstić information content (AvgIpc) is 2.52. The van der Waals surface area contributed by atoms with Crippen molar-refractivity contribution in [2.75, 3.05) is 18.9 Å². The fourth-order valence-electron chi connectivity index (χ4n) is 3.06. The van der Waals surface area contributed by atoms with E-state index in [0.29, 0.717) is 5.73 Å². The monoisotopic (exact) mass is 339 g/mol. The minimum atomic E-state index is -1.67. The third kappa shape index (κ3) is 7.31. The molecule has 1 heterocycles. The fraction of sp³-hybridized carbons (Fsp3) is 0.556. The summed E-state index contributed by atoms with van der Waals surface area (Å²) in [7, 11) is -1.67. The number of hydrogen-bond donors (Lipinski definition) is 1. The van der Waals surface area contributed by atoms with Crippen LogP contribution >= 0.6 is 0 Å². The summed E-state index contributed by atoms with van der Waals surface area (Å²) < 4.78 is 12.0. The highest BCUT2D eigenvalue weighted by molar-refractivity contribution is 6.75. The molecular formula is C18H33NO3Si. The summed E-state index contributed by atoms with van der Waals surface area (Å²) in [5.74, 6) is 0.